The number of fused-ring (bicyclic) bond motifs is 1. The molecule has 1 aliphatic carbocycles. The van der Waals surface area contributed by atoms with Gasteiger partial charge in [-0.3, -0.25) is 4.79 Å². The molecule has 4 rings (SSSR count). The van der Waals surface area contributed by atoms with E-state index in [1.807, 2.05) is 30.2 Å². The van der Waals surface area contributed by atoms with Crippen molar-refractivity contribution in [3.8, 4) is 0 Å². The Labute approximate surface area is 146 Å². The lowest BCUT2D eigenvalue weighted by atomic mass is 10.2. The number of hydrogen-bond acceptors (Lipinski definition) is 4. The third-order valence-corrected chi connectivity index (χ3v) is 5.88. The number of hydrogen-bond donors (Lipinski definition) is 0. The molecule has 0 N–H and O–H groups in total. The Balaban J connectivity index is 1.47. The van der Waals surface area contributed by atoms with Crippen molar-refractivity contribution >= 4 is 17.2 Å². The Hall–Kier alpha value is -1.66. The number of imidazole rings is 1. The van der Waals surface area contributed by atoms with Crippen LogP contribution in [0, 0.1) is 12.8 Å². The van der Waals surface area contributed by atoms with Crippen molar-refractivity contribution in [3.63, 3.8) is 0 Å². The number of rotatable bonds is 5. The van der Waals surface area contributed by atoms with Crippen molar-refractivity contribution in [1.82, 2.24) is 14.5 Å². The van der Waals surface area contributed by atoms with E-state index in [1.165, 1.54) is 17.7 Å². The largest absolute Gasteiger partial charge is 0.375 e. The number of carbonyl (C=O) groups is 1. The number of amides is 1. The molecule has 128 valence electrons. The lowest BCUT2D eigenvalue weighted by molar-refractivity contribution is 0.0631. The smallest absolute Gasteiger partial charge is 0.264 e. The summed E-state index contributed by atoms with van der Waals surface area (Å²) in [5.41, 5.74) is 1.12. The maximum Gasteiger partial charge on any atom is 0.264 e. The predicted molar refractivity (Wildman–Crippen MR) is 93.1 cm³/mol. The average molecular weight is 345 g/mol. The second-order valence-electron chi connectivity index (χ2n) is 6.80. The van der Waals surface area contributed by atoms with Crippen molar-refractivity contribution in [1.29, 1.82) is 0 Å². The first-order valence-corrected chi connectivity index (χ1v) is 9.44. The minimum Gasteiger partial charge on any atom is -0.375 e. The molecule has 0 spiro atoms. The number of ether oxygens (including phenoxy) is 1. The molecule has 2 aromatic rings. The van der Waals surface area contributed by atoms with Gasteiger partial charge in [-0.05, 0) is 44.7 Å². The summed E-state index contributed by atoms with van der Waals surface area (Å²) in [6.45, 7) is 7.08. The molecule has 1 fully saturated rings. The van der Waals surface area contributed by atoms with Gasteiger partial charge in [0.15, 0.2) is 0 Å². The van der Waals surface area contributed by atoms with E-state index in [-0.39, 0.29) is 11.9 Å². The Morgan fingerprint density at radius 1 is 1.38 bits per heavy atom. The molecule has 0 saturated heterocycles. The van der Waals surface area contributed by atoms with Gasteiger partial charge < -0.3 is 14.2 Å². The van der Waals surface area contributed by atoms with Gasteiger partial charge in [-0.25, -0.2) is 4.98 Å². The third-order valence-electron chi connectivity index (χ3n) is 4.89. The van der Waals surface area contributed by atoms with Crippen LogP contribution in [0.5, 0.6) is 0 Å². The van der Waals surface area contributed by atoms with Gasteiger partial charge in [0.05, 0.1) is 29.4 Å². The standard InChI is InChI=1S/C18H23N3O2S/c1-12-3-6-16(24-12)18(22)20-7-8-21-15(9-19-17(21)13(20)2)11-23-10-14-4-5-14/h3,6,9,13-14H,4-5,7-8,10-11H2,1-2H3/t13-/m0/s1. The zero-order valence-electron chi connectivity index (χ0n) is 14.2. The number of carbonyl (C=O) groups excluding carboxylic acids is 1. The summed E-state index contributed by atoms with van der Waals surface area (Å²) < 4.78 is 8.03. The quantitative estimate of drug-likeness (QED) is 0.834. The fourth-order valence-corrected chi connectivity index (χ4v) is 4.08. The first-order chi connectivity index (χ1) is 11.6. The van der Waals surface area contributed by atoms with E-state index in [0.717, 1.165) is 42.0 Å². The van der Waals surface area contributed by atoms with Gasteiger partial charge in [0, 0.05) is 24.6 Å². The maximum atomic E-state index is 12.8. The molecule has 6 heteroatoms. The fraction of sp³-hybridized carbons (Fsp3) is 0.556. The van der Waals surface area contributed by atoms with Crippen LogP contribution in [0.2, 0.25) is 0 Å². The van der Waals surface area contributed by atoms with Crippen molar-refractivity contribution in [2.75, 3.05) is 13.2 Å². The molecule has 0 aromatic carbocycles. The summed E-state index contributed by atoms with van der Waals surface area (Å²) in [7, 11) is 0. The van der Waals surface area contributed by atoms with Crippen molar-refractivity contribution < 1.29 is 9.53 Å². The van der Waals surface area contributed by atoms with Crippen molar-refractivity contribution in [2.45, 2.75) is 45.9 Å². The van der Waals surface area contributed by atoms with Gasteiger partial charge in [-0.1, -0.05) is 0 Å². The van der Waals surface area contributed by atoms with E-state index in [9.17, 15) is 4.79 Å². The summed E-state index contributed by atoms with van der Waals surface area (Å²) in [5, 5.41) is 0. The minimum absolute atomic E-state index is 0.00848. The zero-order valence-corrected chi connectivity index (χ0v) is 15.0. The van der Waals surface area contributed by atoms with Crippen molar-refractivity contribution in [3.05, 3.63) is 39.6 Å². The van der Waals surface area contributed by atoms with Gasteiger partial charge in [0.25, 0.3) is 5.91 Å². The van der Waals surface area contributed by atoms with E-state index < -0.39 is 0 Å². The van der Waals surface area contributed by atoms with Gasteiger partial charge in [-0.15, -0.1) is 11.3 Å². The fourth-order valence-electron chi connectivity index (χ4n) is 3.26. The summed E-state index contributed by atoms with van der Waals surface area (Å²) in [6, 6.07) is 3.92. The molecule has 3 heterocycles. The Morgan fingerprint density at radius 3 is 2.92 bits per heavy atom. The second kappa shape index (κ2) is 6.33. The number of aromatic nitrogens is 2. The molecule has 1 amide bonds. The van der Waals surface area contributed by atoms with Crippen LogP contribution in [0.4, 0.5) is 0 Å². The van der Waals surface area contributed by atoms with Gasteiger partial charge >= 0.3 is 0 Å². The Morgan fingerprint density at radius 2 is 2.21 bits per heavy atom. The SMILES string of the molecule is Cc1ccc(C(=O)N2CCn3c(COCC4CC4)cnc3[C@@H]2C)s1. The molecule has 0 bridgehead atoms. The molecule has 0 unspecified atom stereocenters. The van der Waals surface area contributed by atoms with Crippen LogP contribution in [0.25, 0.3) is 0 Å². The number of nitrogens with zero attached hydrogens (tertiary/aromatic N) is 3. The van der Waals surface area contributed by atoms with Crippen LogP contribution < -0.4 is 0 Å². The second-order valence-corrected chi connectivity index (χ2v) is 8.09. The van der Waals surface area contributed by atoms with E-state index in [0.29, 0.717) is 6.61 Å². The van der Waals surface area contributed by atoms with Crippen LogP contribution in [-0.2, 0) is 17.9 Å². The van der Waals surface area contributed by atoms with E-state index in [2.05, 4.69) is 16.5 Å². The predicted octanol–water partition coefficient (Wildman–Crippen LogP) is 3.40. The van der Waals surface area contributed by atoms with Crippen LogP contribution in [0.15, 0.2) is 18.3 Å². The van der Waals surface area contributed by atoms with E-state index in [4.69, 9.17) is 4.74 Å². The molecule has 1 saturated carbocycles. The lowest BCUT2D eigenvalue weighted by Crippen LogP contribution is -2.41. The molecule has 1 aliphatic heterocycles. The van der Waals surface area contributed by atoms with Crippen molar-refractivity contribution in [2.24, 2.45) is 5.92 Å². The molecular weight excluding hydrogens is 322 g/mol. The molecule has 5 nitrogen and oxygen atoms in total. The normalized spacial score (nSPS) is 20.2. The lowest BCUT2D eigenvalue weighted by Gasteiger charge is -2.34. The van der Waals surface area contributed by atoms with Gasteiger partial charge in [0.1, 0.15) is 5.82 Å². The molecule has 0 radical (unpaired) electrons. The molecule has 2 aliphatic rings. The van der Waals surface area contributed by atoms with E-state index >= 15 is 0 Å². The topological polar surface area (TPSA) is 47.4 Å². The summed E-state index contributed by atoms with van der Waals surface area (Å²) >= 11 is 1.56. The third kappa shape index (κ3) is 3.00. The molecule has 1 atom stereocenters. The van der Waals surface area contributed by atoms with Crippen LogP contribution in [0.3, 0.4) is 0 Å². The van der Waals surface area contributed by atoms with Gasteiger partial charge in [-0.2, -0.15) is 0 Å². The van der Waals surface area contributed by atoms with Gasteiger partial charge in [0.2, 0.25) is 0 Å². The summed E-state index contributed by atoms with van der Waals surface area (Å²) in [4.78, 5) is 21.3. The summed E-state index contributed by atoms with van der Waals surface area (Å²) in [6.07, 6.45) is 4.52. The highest BCUT2D eigenvalue weighted by Crippen LogP contribution is 2.30. The highest BCUT2D eigenvalue weighted by Gasteiger charge is 2.31. The number of aryl methyl sites for hydroxylation is 1. The number of thiophene rings is 1. The molecular formula is C18H23N3O2S. The summed E-state index contributed by atoms with van der Waals surface area (Å²) in [5.74, 6) is 1.85. The minimum atomic E-state index is -0.00848. The monoisotopic (exact) mass is 345 g/mol. The van der Waals surface area contributed by atoms with Crippen LogP contribution >= 0.6 is 11.3 Å². The molecule has 24 heavy (non-hydrogen) atoms. The van der Waals surface area contributed by atoms with Crippen LogP contribution in [-0.4, -0.2) is 33.5 Å². The average Bonchev–Trinajstić information content (AvgIpc) is 3.14. The van der Waals surface area contributed by atoms with Crippen LogP contribution in [0.1, 0.15) is 51.9 Å². The Kier molecular flexibility index (Phi) is 4.18. The molecule has 2 aromatic heterocycles. The highest BCUT2D eigenvalue weighted by atomic mass is 32.1. The maximum absolute atomic E-state index is 12.8. The zero-order chi connectivity index (χ0) is 16.7. The highest BCUT2D eigenvalue weighted by molar-refractivity contribution is 7.13. The first kappa shape index (κ1) is 15.8. The first-order valence-electron chi connectivity index (χ1n) is 8.63. The Bertz CT molecular complexity index is 747. The van der Waals surface area contributed by atoms with E-state index in [1.54, 1.807) is 11.3 Å².